The van der Waals surface area contributed by atoms with Crippen molar-refractivity contribution in [3.63, 3.8) is 0 Å². The highest BCUT2D eigenvalue weighted by atomic mass is 32.2. The molecule has 0 bridgehead atoms. The minimum Gasteiger partial charge on any atom is -0.366 e. The van der Waals surface area contributed by atoms with E-state index in [4.69, 9.17) is 12.2 Å². The number of hydrogen-bond donors (Lipinski definition) is 1. The highest BCUT2D eigenvalue weighted by molar-refractivity contribution is 8.26. The van der Waals surface area contributed by atoms with Gasteiger partial charge in [-0.3, -0.25) is 18.9 Å². The molecule has 168 valence electrons. The predicted octanol–water partition coefficient (Wildman–Crippen LogP) is 4.43. The molecular formula is C25H24N4O2S2. The molecular weight excluding hydrogens is 452 g/mol. The number of hydrogen-bond acceptors (Lipinski definition) is 6. The summed E-state index contributed by atoms with van der Waals surface area (Å²) < 4.78 is 2.01. The molecule has 8 heteroatoms. The summed E-state index contributed by atoms with van der Waals surface area (Å²) in [6, 6.07) is 13.8. The fourth-order valence-corrected chi connectivity index (χ4v) is 4.89. The quantitative estimate of drug-likeness (QED) is 0.295. The van der Waals surface area contributed by atoms with Gasteiger partial charge in [0, 0.05) is 19.3 Å². The molecule has 2 aromatic heterocycles. The van der Waals surface area contributed by atoms with E-state index in [1.54, 1.807) is 29.3 Å². The molecule has 1 aliphatic heterocycles. The molecule has 1 N–H and O–H groups in total. The Balaban J connectivity index is 1.62. The van der Waals surface area contributed by atoms with Crippen LogP contribution >= 0.6 is 24.0 Å². The number of nitrogens with one attached hydrogen (secondary N) is 1. The fourth-order valence-electron chi connectivity index (χ4n) is 3.60. The molecule has 4 rings (SSSR count). The van der Waals surface area contributed by atoms with Crippen molar-refractivity contribution in [3.8, 4) is 0 Å². The van der Waals surface area contributed by atoms with Crippen molar-refractivity contribution in [1.82, 2.24) is 14.3 Å². The minimum absolute atomic E-state index is 0.179. The monoisotopic (exact) mass is 476 g/mol. The Morgan fingerprint density at radius 1 is 1.18 bits per heavy atom. The number of amides is 1. The van der Waals surface area contributed by atoms with Crippen LogP contribution in [0.1, 0.15) is 23.1 Å². The van der Waals surface area contributed by atoms with Crippen LogP contribution in [0.2, 0.25) is 0 Å². The number of nitrogens with zero attached hydrogens (tertiary/aromatic N) is 3. The molecule has 0 radical (unpaired) electrons. The van der Waals surface area contributed by atoms with Crippen LogP contribution in [0.4, 0.5) is 5.82 Å². The molecule has 0 saturated carbocycles. The maximum atomic E-state index is 13.3. The summed E-state index contributed by atoms with van der Waals surface area (Å²) in [4.78, 5) is 33.0. The first-order valence-corrected chi connectivity index (χ1v) is 11.9. The lowest BCUT2D eigenvalue weighted by Gasteiger charge is -2.14. The third-order valence-electron chi connectivity index (χ3n) is 5.26. The van der Waals surface area contributed by atoms with Gasteiger partial charge in [-0.2, -0.15) is 0 Å². The summed E-state index contributed by atoms with van der Waals surface area (Å²) >= 11 is 6.69. The number of thioether (sulfide) groups is 1. The standard InChI is InChI=1S/C25H24N4O2S2/c1-3-13-26-22-19(23(30)29-16-17(2)11-12-21(29)27-22)15-20-24(31)28(25(32)33-20)14-7-10-18-8-5-4-6-9-18/h3-6,8-9,11-12,15-16,26H,1,7,10,13-14H2,2H3/b20-15+. The molecule has 0 atom stereocenters. The first-order chi connectivity index (χ1) is 16.0. The van der Waals surface area contributed by atoms with E-state index in [0.29, 0.717) is 39.3 Å². The zero-order valence-corrected chi connectivity index (χ0v) is 19.9. The Bertz CT molecular complexity index is 1320. The van der Waals surface area contributed by atoms with E-state index in [0.717, 1.165) is 18.4 Å². The molecule has 33 heavy (non-hydrogen) atoms. The summed E-state index contributed by atoms with van der Waals surface area (Å²) in [7, 11) is 0. The van der Waals surface area contributed by atoms with Crippen LogP contribution in [0.5, 0.6) is 0 Å². The van der Waals surface area contributed by atoms with E-state index in [1.807, 2.05) is 31.2 Å². The van der Waals surface area contributed by atoms with Crippen molar-refractivity contribution in [2.45, 2.75) is 19.8 Å². The van der Waals surface area contributed by atoms with E-state index >= 15 is 0 Å². The second-order valence-corrected chi connectivity index (χ2v) is 9.38. The molecule has 3 heterocycles. The van der Waals surface area contributed by atoms with Gasteiger partial charge in [0.2, 0.25) is 0 Å². The molecule has 6 nitrogen and oxygen atoms in total. The molecule has 1 fully saturated rings. The smallest absolute Gasteiger partial charge is 0.267 e. The number of carbonyl (C=O) groups is 1. The Kier molecular flexibility index (Phi) is 7.05. The average molecular weight is 477 g/mol. The van der Waals surface area contributed by atoms with E-state index in [2.05, 4.69) is 29.0 Å². The van der Waals surface area contributed by atoms with Gasteiger partial charge in [0.1, 0.15) is 15.8 Å². The summed E-state index contributed by atoms with van der Waals surface area (Å²) in [6.07, 6.45) is 6.70. The number of aryl methyl sites for hydroxylation is 2. The Labute approximate surface area is 202 Å². The number of pyridine rings is 1. The van der Waals surface area contributed by atoms with Crippen LogP contribution in [-0.2, 0) is 11.2 Å². The Morgan fingerprint density at radius 2 is 1.97 bits per heavy atom. The third-order valence-corrected chi connectivity index (χ3v) is 6.64. The van der Waals surface area contributed by atoms with Gasteiger partial charge in [0.15, 0.2) is 0 Å². The largest absolute Gasteiger partial charge is 0.366 e. The SMILES string of the molecule is C=CCNc1nc2ccc(C)cn2c(=O)c1/C=C1/SC(=S)N(CCCc2ccccc2)C1=O. The summed E-state index contributed by atoms with van der Waals surface area (Å²) in [5.41, 5.74) is 2.77. The molecule has 1 aliphatic rings. The Hall–Kier alpha value is -3.23. The van der Waals surface area contributed by atoms with Gasteiger partial charge in [-0.05, 0) is 43.0 Å². The second-order valence-electron chi connectivity index (χ2n) is 7.71. The molecule has 0 spiro atoms. The number of aromatic nitrogens is 2. The van der Waals surface area contributed by atoms with E-state index in [-0.39, 0.29) is 11.5 Å². The number of anilines is 1. The zero-order chi connectivity index (χ0) is 23.4. The highest BCUT2D eigenvalue weighted by Gasteiger charge is 2.32. The van der Waals surface area contributed by atoms with E-state index in [1.165, 1.54) is 21.7 Å². The van der Waals surface area contributed by atoms with Crippen LogP contribution in [0.3, 0.4) is 0 Å². The van der Waals surface area contributed by atoms with Crippen LogP contribution in [0, 0.1) is 6.92 Å². The van der Waals surface area contributed by atoms with Crippen molar-refractivity contribution in [2.75, 3.05) is 18.4 Å². The maximum absolute atomic E-state index is 13.3. The summed E-state index contributed by atoms with van der Waals surface area (Å²) in [6.45, 7) is 6.60. The van der Waals surface area contributed by atoms with Crippen LogP contribution < -0.4 is 10.9 Å². The van der Waals surface area contributed by atoms with Crippen LogP contribution in [0.25, 0.3) is 11.7 Å². The van der Waals surface area contributed by atoms with E-state index < -0.39 is 0 Å². The maximum Gasteiger partial charge on any atom is 0.267 e. The van der Waals surface area contributed by atoms with Crippen molar-refractivity contribution in [3.05, 3.63) is 93.3 Å². The van der Waals surface area contributed by atoms with Gasteiger partial charge in [-0.15, -0.1) is 6.58 Å². The lowest BCUT2D eigenvalue weighted by Crippen LogP contribution is -2.29. The number of benzene rings is 1. The van der Waals surface area contributed by atoms with Gasteiger partial charge in [0.05, 0.1) is 10.5 Å². The lowest BCUT2D eigenvalue weighted by atomic mass is 10.1. The van der Waals surface area contributed by atoms with Gasteiger partial charge < -0.3 is 5.32 Å². The number of rotatable bonds is 8. The summed E-state index contributed by atoms with van der Waals surface area (Å²) in [5, 5.41) is 3.12. The zero-order valence-electron chi connectivity index (χ0n) is 18.3. The normalized spacial score (nSPS) is 14.9. The second kappa shape index (κ2) is 10.1. The number of fused-ring (bicyclic) bond motifs is 1. The van der Waals surface area contributed by atoms with Crippen molar-refractivity contribution >= 4 is 51.7 Å². The topological polar surface area (TPSA) is 66.7 Å². The van der Waals surface area contributed by atoms with Gasteiger partial charge >= 0.3 is 0 Å². The van der Waals surface area contributed by atoms with Crippen LogP contribution in [-0.4, -0.2) is 37.6 Å². The minimum atomic E-state index is -0.246. The van der Waals surface area contributed by atoms with Crippen molar-refractivity contribution in [1.29, 1.82) is 0 Å². The average Bonchev–Trinajstić information content (AvgIpc) is 3.08. The molecule has 0 aliphatic carbocycles. The van der Waals surface area contributed by atoms with Gasteiger partial charge in [-0.25, -0.2) is 4.98 Å². The van der Waals surface area contributed by atoms with Crippen molar-refractivity contribution < 1.29 is 4.79 Å². The van der Waals surface area contributed by atoms with Crippen LogP contribution in [0.15, 0.2) is 71.0 Å². The highest BCUT2D eigenvalue weighted by Crippen LogP contribution is 2.33. The summed E-state index contributed by atoms with van der Waals surface area (Å²) in [5.74, 6) is 0.236. The number of carbonyl (C=O) groups excluding carboxylic acids is 1. The Morgan fingerprint density at radius 3 is 2.73 bits per heavy atom. The fraction of sp³-hybridized carbons (Fsp3) is 0.200. The third kappa shape index (κ3) is 5.07. The lowest BCUT2D eigenvalue weighted by molar-refractivity contribution is -0.122. The van der Waals surface area contributed by atoms with Gasteiger partial charge in [0.25, 0.3) is 11.5 Å². The molecule has 3 aromatic rings. The van der Waals surface area contributed by atoms with Crippen molar-refractivity contribution in [2.24, 2.45) is 0 Å². The van der Waals surface area contributed by atoms with E-state index in [9.17, 15) is 9.59 Å². The molecule has 1 aromatic carbocycles. The first kappa shape index (κ1) is 22.9. The predicted molar refractivity (Wildman–Crippen MR) is 140 cm³/mol. The first-order valence-electron chi connectivity index (χ1n) is 10.6. The molecule has 1 saturated heterocycles. The molecule has 0 unspecified atom stereocenters. The molecule has 1 amide bonds. The van der Waals surface area contributed by atoms with Gasteiger partial charge in [-0.1, -0.05) is 66.5 Å². The number of thiocarbonyl (C=S) groups is 1.